The fraction of sp³-hybridized carbons (Fsp3) is 0.619. The number of carbonyl (C=O) groups is 1. The summed E-state index contributed by atoms with van der Waals surface area (Å²) >= 11 is 0. The van der Waals surface area contributed by atoms with Crippen LogP contribution in [0, 0.1) is 0 Å². The first kappa shape index (κ1) is 21.7. The van der Waals surface area contributed by atoms with E-state index >= 15 is 0 Å². The van der Waals surface area contributed by atoms with Gasteiger partial charge in [-0.3, -0.25) is 4.79 Å². The first-order chi connectivity index (χ1) is 13.6. The summed E-state index contributed by atoms with van der Waals surface area (Å²) in [6.45, 7) is 10.3. The Morgan fingerprint density at radius 3 is 2.66 bits per heavy atom. The van der Waals surface area contributed by atoms with E-state index in [9.17, 15) is 4.79 Å². The molecule has 160 valence electrons. The van der Waals surface area contributed by atoms with Gasteiger partial charge in [-0.05, 0) is 52.3 Å². The number of hydrogen-bond acceptors (Lipinski definition) is 6. The number of imidazole rings is 1. The van der Waals surface area contributed by atoms with Crippen molar-refractivity contribution in [3.8, 4) is 0 Å². The molecule has 1 unspecified atom stereocenters. The minimum absolute atomic E-state index is 0.159. The van der Waals surface area contributed by atoms with Crippen molar-refractivity contribution >= 4 is 16.9 Å². The number of fused-ring (bicyclic) bond motifs is 1. The highest BCUT2D eigenvalue weighted by Gasteiger charge is 2.27. The van der Waals surface area contributed by atoms with Crippen molar-refractivity contribution < 1.29 is 14.3 Å². The van der Waals surface area contributed by atoms with E-state index in [4.69, 9.17) is 20.9 Å². The average molecular weight is 404 g/mol. The van der Waals surface area contributed by atoms with Crippen molar-refractivity contribution in [3.63, 3.8) is 0 Å². The second-order valence-corrected chi connectivity index (χ2v) is 8.92. The fourth-order valence-corrected chi connectivity index (χ4v) is 3.16. The van der Waals surface area contributed by atoms with Crippen molar-refractivity contribution in [3.05, 3.63) is 29.6 Å². The molecule has 0 spiro atoms. The first-order valence-corrected chi connectivity index (χ1v) is 10.1. The Bertz CT molecular complexity index is 871. The van der Waals surface area contributed by atoms with E-state index < -0.39 is 11.1 Å². The van der Waals surface area contributed by atoms with E-state index in [0.29, 0.717) is 31.8 Å². The summed E-state index contributed by atoms with van der Waals surface area (Å²) in [4.78, 5) is 17.5. The van der Waals surface area contributed by atoms with Crippen LogP contribution >= 0.6 is 0 Å². The molecule has 1 atom stereocenters. The third kappa shape index (κ3) is 5.14. The standard InChI is InChI=1S/C21H33N5O3/c1-20(2,13-29-21(3,4)12-23)25-19(27)14-5-6-16-17(9-14)26(18(10-22)24-16)11-15-7-8-28-15/h5-6,9,15H,7-8,10-13,22-23H2,1-4H3,(H,25,27). The zero-order chi connectivity index (χ0) is 21.2. The van der Waals surface area contributed by atoms with E-state index in [1.165, 1.54) is 0 Å². The normalized spacial score (nSPS) is 17.4. The van der Waals surface area contributed by atoms with Crippen LogP contribution in [0.3, 0.4) is 0 Å². The number of rotatable bonds is 9. The number of hydrogen-bond donors (Lipinski definition) is 3. The highest BCUT2D eigenvalue weighted by Crippen LogP contribution is 2.22. The van der Waals surface area contributed by atoms with Crippen LogP contribution in [0.2, 0.25) is 0 Å². The van der Waals surface area contributed by atoms with Gasteiger partial charge in [0.1, 0.15) is 5.82 Å². The number of carbonyl (C=O) groups excluding carboxylic acids is 1. The molecule has 3 rings (SSSR count). The van der Waals surface area contributed by atoms with E-state index in [-0.39, 0.29) is 12.0 Å². The quantitative estimate of drug-likeness (QED) is 0.585. The number of amides is 1. The molecular formula is C21H33N5O3. The molecule has 0 saturated carbocycles. The summed E-state index contributed by atoms with van der Waals surface area (Å²) in [6.07, 6.45) is 1.20. The Labute approximate surface area is 171 Å². The van der Waals surface area contributed by atoms with Crippen LogP contribution in [0.1, 0.15) is 50.3 Å². The maximum atomic E-state index is 12.9. The van der Waals surface area contributed by atoms with Gasteiger partial charge in [0.15, 0.2) is 0 Å². The van der Waals surface area contributed by atoms with Gasteiger partial charge < -0.3 is 30.8 Å². The van der Waals surface area contributed by atoms with E-state index in [1.807, 2.05) is 39.8 Å². The van der Waals surface area contributed by atoms with Crippen molar-refractivity contribution in [2.75, 3.05) is 19.8 Å². The highest BCUT2D eigenvalue weighted by atomic mass is 16.5. The van der Waals surface area contributed by atoms with Crippen molar-refractivity contribution in [1.82, 2.24) is 14.9 Å². The lowest BCUT2D eigenvalue weighted by Gasteiger charge is -2.32. The first-order valence-electron chi connectivity index (χ1n) is 10.1. The largest absolute Gasteiger partial charge is 0.376 e. The third-order valence-corrected chi connectivity index (χ3v) is 5.22. The molecular weight excluding hydrogens is 370 g/mol. The monoisotopic (exact) mass is 403 g/mol. The number of ether oxygens (including phenoxy) is 2. The second-order valence-electron chi connectivity index (χ2n) is 8.92. The second kappa shape index (κ2) is 8.39. The van der Waals surface area contributed by atoms with Gasteiger partial charge in [0, 0.05) is 18.7 Å². The molecule has 1 aliphatic rings. The van der Waals surface area contributed by atoms with Crippen LogP contribution in [0.15, 0.2) is 18.2 Å². The molecule has 2 heterocycles. The predicted octanol–water partition coefficient (Wildman–Crippen LogP) is 1.55. The molecule has 29 heavy (non-hydrogen) atoms. The Balaban J connectivity index is 1.78. The summed E-state index contributed by atoms with van der Waals surface area (Å²) in [7, 11) is 0. The molecule has 1 aromatic heterocycles. The number of aromatic nitrogens is 2. The van der Waals surface area contributed by atoms with Crippen molar-refractivity contribution in [2.24, 2.45) is 11.5 Å². The van der Waals surface area contributed by atoms with Crippen LogP contribution in [0.4, 0.5) is 0 Å². The SMILES string of the molecule is CC(C)(COC(C)(C)CN)NC(=O)c1ccc2nc(CN)n(CC3CCO3)c2c1. The summed E-state index contributed by atoms with van der Waals surface area (Å²) in [5.74, 6) is 0.638. The Hall–Kier alpha value is -2.00. The smallest absolute Gasteiger partial charge is 0.251 e. The summed E-state index contributed by atoms with van der Waals surface area (Å²) in [5, 5.41) is 3.05. The van der Waals surface area contributed by atoms with Crippen LogP contribution in [0.5, 0.6) is 0 Å². The molecule has 0 bridgehead atoms. The van der Waals surface area contributed by atoms with Crippen LogP contribution in [-0.2, 0) is 22.6 Å². The van der Waals surface area contributed by atoms with Gasteiger partial charge in [0.2, 0.25) is 0 Å². The Morgan fingerprint density at radius 1 is 1.34 bits per heavy atom. The Kier molecular flexibility index (Phi) is 6.28. The van der Waals surface area contributed by atoms with E-state index in [1.54, 1.807) is 6.07 Å². The molecule has 5 N–H and O–H groups in total. The third-order valence-electron chi connectivity index (χ3n) is 5.22. The molecule has 8 heteroatoms. The molecule has 8 nitrogen and oxygen atoms in total. The number of nitrogens with zero attached hydrogens (tertiary/aromatic N) is 2. The van der Waals surface area contributed by atoms with Gasteiger partial charge in [0.05, 0.1) is 48.0 Å². The molecule has 1 amide bonds. The maximum absolute atomic E-state index is 12.9. The molecule has 1 aromatic carbocycles. The highest BCUT2D eigenvalue weighted by molar-refractivity contribution is 5.97. The van der Waals surface area contributed by atoms with Gasteiger partial charge in [-0.25, -0.2) is 4.98 Å². The molecule has 1 fully saturated rings. The van der Waals surface area contributed by atoms with Gasteiger partial charge in [-0.1, -0.05) is 0 Å². The van der Waals surface area contributed by atoms with Crippen molar-refractivity contribution in [1.29, 1.82) is 0 Å². The summed E-state index contributed by atoms with van der Waals surface area (Å²) in [6, 6.07) is 5.52. The van der Waals surface area contributed by atoms with Gasteiger partial charge in [-0.15, -0.1) is 0 Å². The Morgan fingerprint density at radius 2 is 2.07 bits per heavy atom. The zero-order valence-corrected chi connectivity index (χ0v) is 17.8. The van der Waals surface area contributed by atoms with E-state index in [0.717, 1.165) is 29.9 Å². The maximum Gasteiger partial charge on any atom is 0.251 e. The molecule has 1 saturated heterocycles. The predicted molar refractivity (Wildman–Crippen MR) is 113 cm³/mol. The summed E-state index contributed by atoms with van der Waals surface area (Å²) < 4.78 is 13.5. The topological polar surface area (TPSA) is 117 Å². The lowest BCUT2D eigenvalue weighted by molar-refractivity contribution is -0.0590. The van der Waals surface area contributed by atoms with Gasteiger partial charge in [0.25, 0.3) is 5.91 Å². The molecule has 0 aliphatic carbocycles. The minimum atomic E-state index is -0.541. The zero-order valence-electron chi connectivity index (χ0n) is 17.8. The number of nitrogens with one attached hydrogen (secondary N) is 1. The molecule has 1 aliphatic heterocycles. The van der Waals surface area contributed by atoms with Crippen molar-refractivity contribution in [2.45, 2.75) is 64.4 Å². The van der Waals surface area contributed by atoms with Gasteiger partial charge in [-0.2, -0.15) is 0 Å². The van der Waals surface area contributed by atoms with Crippen LogP contribution < -0.4 is 16.8 Å². The average Bonchev–Trinajstić information content (AvgIpc) is 2.99. The lowest BCUT2D eigenvalue weighted by atomic mass is 10.0. The van der Waals surface area contributed by atoms with E-state index in [2.05, 4.69) is 14.9 Å². The molecule has 2 aromatic rings. The lowest BCUT2D eigenvalue weighted by Crippen LogP contribution is -2.49. The number of benzene rings is 1. The van der Waals surface area contributed by atoms with Crippen LogP contribution in [0.25, 0.3) is 11.0 Å². The summed E-state index contributed by atoms with van der Waals surface area (Å²) in [5.41, 5.74) is 12.9. The minimum Gasteiger partial charge on any atom is -0.376 e. The molecule has 0 radical (unpaired) electrons. The fourth-order valence-electron chi connectivity index (χ4n) is 3.16. The number of nitrogens with two attached hydrogens (primary N) is 2. The van der Waals surface area contributed by atoms with Gasteiger partial charge >= 0.3 is 0 Å². The van der Waals surface area contributed by atoms with Crippen LogP contribution in [-0.4, -0.2) is 52.5 Å².